The van der Waals surface area contributed by atoms with Crippen LogP contribution in [0.5, 0.6) is 0 Å². The van der Waals surface area contributed by atoms with E-state index in [-0.39, 0.29) is 0 Å². The largest absolute Gasteiger partial charge is 0.419 e. The molecule has 2 aromatic rings. The quantitative estimate of drug-likeness (QED) is 0.771. The number of benzene rings is 1. The summed E-state index contributed by atoms with van der Waals surface area (Å²) in [7, 11) is -3.15. The first-order chi connectivity index (χ1) is 12.4. The van der Waals surface area contributed by atoms with Crippen molar-refractivity contribution in [1.29, 1.82) is 0 Å². The van der Waals surface area contributed by atoms with E-state index < -0.39 is 10.0 Å². The van der Waals surface area contributed by atoms with E-state index in [1.54, 1.807) is 6.07 Å². The minimum Gasteiger partial charge on any atom is -0.419 e. The zero-order valence-electron chi connectivity index (χ0n) is 14.7. The van der Waals surface area contributed by atoms with Gasteiger partial charge in [-0.05, 0) is 37.9 Å². The van der Waals surface area contributed by atoms with Gasteiger partial charge in [0.1, 0.15) is 0 Å². The van der Waals surface area contributed by atoms with Gasteiger partial charge in [0.2, 0.25) is 21.8 Å². The van der Waals surface area contributed by atoms with Crippen LogP contribution in [-0.4, -0.2) is 48.9 Å². The van der Waals surface area contributed by atoms with E-state index in [1.807, 2.05) is 18.2 Å². The van der Waals surface area contributed by atoms with Gasteiger partial charge in [-0.25, -0.2) is 13.1 Å². The smallest absolute Gasteiger partial charge is 0.249 e. The van der Waals surface area contributed by atoms with E-state index in [0.717, 1.165) is 37.8 Å². The molecule has 9 heteroatoms. The normalized spacial score (nSPS) is 18.9. The summed E-state index contributed by atoms with van der Waals surface area (Å²) in [6.45, 7) is 1.93. The summed E-state index contributed by atoms with van der Waals surface area (Å²) in [6.07, 6.45) is 5.24. The van der Waals surface area contributed by atoms with Crippen LogP contribution in [0.25, 0.3) is 11.5 Å². The molecule has 0 saturated carbocycles. The van der Waals surface area contributed by atoms with E-state index in [9.17, 15) is 8.42 Å². The van der Waals surface area contributed by atoms with Gasteiger partial charge in [0, 0.05) is 12.6 Å². The van der Waals surface area contributed by atoms with E-state index >= 15 is 0 Å². The van der Waals surface area contributed by atoms with Gasteiger partial charge in [0.05, 0.1) is 23.4 Å². The van der Waals surface area contributed by atoms with Crippen molar-refractivity contribution in [3.8, 4) is 11.5 Å². The van der Waals surface area contributed by atoms with Crippen molar-refractivity contribution in [3.63, 3.8) is 0 Å². The Kier molecular flexibility index (Phi) is 6.29. The zero-order valence-corrected chi connectivity index (χ0v) is 16.3. The van der Waals surface area contributed by atoms with Crippen molar-refractivity contribution in [3.05, 3.63) is 35.2 Å². The van der Waals surface area contributed by atoms with Gasteiger partial charge in [-0.2, -0.15) is 0 Å². The summed E-state index contributed by atoms with van der Waals surface area (Å²) in [4.78, 5) is 2.29. The third-order valence-corrected chi connectivity index (χ3v) is 5.56. The molecule has 1 fully saturated rings. The van der Waals surface area contributed by atoms with Crippen LogP contribution in [0, 0.1) is 0 Å². The Balaban J connectivity index is 1.64. The predicted molar refractivity (Wildman–Crippen MR) is 100 cm³/mol. The highest BCUT2D eigenvalue weighted by molar-refractivity contribution is 7.88. The summed E-state index contributed by atoms with van der Waals surface area (Å²) in [5.74, 6) is 0.959. The SMILES string of the molecule is CS(=O)(=O)NCCC1CCCCN1Cc1nnc(-c2ccccc2Cl)o1. The van der Waals surface area contributed by atoms with E-state index in [2.05, 4.69) is 19.8 Å². The van der Waals surface area contributed by atoms with Crippen LogP contribution >= 0.6 is 11.6 Å². The van der Waals surface area contributed by atoms with Crippen LogP contribution in [0.2, 0.25) is 5.02 Å². The average molecular weight is 399 g/mol. The molecule has 2 heterocycles. The van der Waals surface area contributed by atoms with Crippen molar-refractivity contribution >= 4 is 21.6 Å². The van der Waals surface area contributed by atoms with Gasteiger partial charge >= 0.3 is 0 Å². The number of hydrogen-bond donors (Lipinski definition) is 1. The maximum absolute atomic E-state index is 11.2. The Morgan fingerprint density at radius 1 is 1.31 bits per heavy atom. The second-order valence-corrected chi connectivity index (χ2v) is 8.80. The minimum absolute atomic E-state index is 0.300. The third kappa shape index (κ3) is 5.26. The molecule has 0 bridgehead atoms. The number of likely N-dealkylation sites (tertiary alicyclic amines) is 1. The van der Waals surface area contributed by atoms with Crippen LogP contribution in [0.3, 0.4) is 0 Å². The average Bonchev–Trinajstić information content (AvgIpc) is 3.04. The van der Waals surface area contributed by atoms with E-state index in [0.29, 0.717) is 35.9 Å². The maximum atomic E-state index is 11.2. The molecule has 3 rings (SSSR count). The Morgan fingerprint density at radius 2 is 2.12 bits per heavy atom. The number of piperidine rings is 1. The Bertz CT molecular complexity index is 840. The Hall–Kier alpha value is -1.48. The lowest BCUT2D eigenvalue weighted by Gasteiger charge is -2.34. The van der Waals surface area contributed by atoms with E-state index in [1.165, 1.54) is 6.26 Å². The molecular formula is C17H23ClN4O3S. The first-order valence-corrected chi connectivity index (χ1v) is 11.0. The number of halogens is 1. The summed E-state index contributed by atoms with van der Waals surface area (Å²) in [5.41, 5.74) is 0.723. The lowest BCUT2D eigenvalue weighted by molar-refractivity contribution is 0.121. The molecule has 0 radical (unpaired) electrons. The van der Waals surface area contributed by atoms with Crippen LogP contribution in [0.4, 0.5) is 0 Å². The standard InChI is InChI=1S/C17H23ClN4O3S/c1-26(23,24)19-10-9-13-6-4-5-11-22(13)12-16-20-21-17(25-16)14-7-2-3-8-15(14)18/h2-3,7-8,13,19H,4-6,9-12H2,1H3. The molecule has 0 aliphatic carbocycles. The number of hydrogen-bond acceptors (Lipinski definition) is 6. The lowest BCUT2D eigenvalue weighted by Crippen LogP contribution is -2.41. The second-order valence-electron chi connectivity index (χ2n) is 6.56. The van der Waals surface area contributed by atoms with Gasteiger partial charge in [-0.15, -0.1) is 10.2 Å². The molecule has 1 aromatic heterocycles. The van der Waals surface area contributed by atoms with Crippen molar-refractivity contribution in [2.75, 3.05) is 19.3 Å². The second kappa shape index (κ2) is 8.47. The first kappa shape index (κ1) is 19.3. The molecule has 26 heavy (non-hydrogen) atoms. The highest BCUT2D eigenvalue weighted by Crippen LogP contribution is 2.27. The summed E-state index contributed by atoms with van der Waals surface area (Å²) in [6, 6.07) is 7.66. The van der Waals surface area contributed by atoms with Gasteiger partial charge in [-0.1, -0.05) is 30.2 Å². The maximum Gasteiger partial charge on any atom is 0.249 e. The number of nitrogens with zero attached hydrogens (tertiary/aromatic N) is 3. The Labute approximate surface area is 158 Å². The third-order valence-electron chi connectivity index (χ3n) is 4.50. The van der Waals surface area contributed by atoms with Crippen molar-refractivity contribution in [1.82, 2.24) is 19.8 Å². The molecule has 1 aliphatic rings. The van der Waals surface area contributed by atoms with Crippen molar-refractivity contribution < 1.29 is 12.8 Å². The fourth-order valence-electron chi connectivity index (χ4n) is 3.24. The molecule has 1 aliphatic heterocycles. The summed E-state index contributed by atoms with van der Waals surface area (Å²) >= 11 is 6.18. The van der Waals surface area contributed by atoms with Crippen LogP contribution in [0.15, 0.2) is 28.7 Å². The highest BCUT2D eigenvalue weighted by Gasteiger charge is 2.24. The molecule has 1 atom stereocenters. The van der Waals surface area contributed by atoms with Gasteiger partial charge in [0.15, 0.2) is 0 Å². The van der Waals surface area contributed by atoms with Crippen molar-refractivity contribution in [2.45, 2.75) is 38.3 Å². The van der Waals surface area contributed by atoms with Crippen LogP contribution in [-0.2, 0) is 16.6 Å². The van der Waals surface area contributed by atoms with E-state index in [4.69, 9.17) is 16.0 Å². The zero-order chi connectivity index (χ0) is 18.6. The molecule has 7 nitrogen and oxygen atoms in total. The molecule has 1 saturated heterocycles. The summed E-state index contributed by atoms with van der Waals surface area (Å²) < 4.78 is 30.8. The molecule has 0 spiro atoms. The molecule has 142 valence electrons. The highest BCUT2D eigenvalue weighted by atomic mass is 35.5. The molecule has 1 unspecified atom stereocenters. The first-order valence-electron chi connectivity index (χ1n) is 8.68. The number of sulfonamides is 1. The fourth-order valence-corrected chi connectivity index (χ4v) is 3.95. The van der Waals surface area contributed by atoms with Gasteiger partial charge < -0.3 is 4.42 Å². The fraction of sp³-hybridized carbons (Fsp3) is 0.529. The minimum atomic E-state index is -3.15. The number of aromatic nitrogens is 2. The van der Waals surface area contributed by atoms with Gasteiger partial charge in [0.25, 0.3) is 0 Å². The number of nitrogens with one attached hydrogen (secondary N) is 1. The molecule has 1 aromatic carbocycles. The number of rotatable bonds is 7. The molecular weight excluding hydrogens is 376 g/mol. The lowest BCUT2D eigenvalue weighted by atomic mass is 9.99. The molecule has 0 amide bonds. The molecule has 1 N–H and O–H groups in total. The van der Waals surface area contributed by atoms with Crippen molar-refractivity contribution in [2.24, 2.45) is 0 Å². The van der Waals surface area contributed by atoms with Gasteiger partial charge in [-0.3, -0.25) is 4.90 Å². The topological polar surface area (TPSA) is 88.3 Å². The van der Waals surface area contributed by atoms with Crippen LogP contribution in [0.1, 0.15) is 31.6 Å². The van der Waals surface area contributed by atoms with Crippen LogP contribution < -0.4 is 4.72 Å². The monoisotopic (exact) mass is 398 g/mol. The predicted octanol–water partition coefficient (Wildman–Crippen LogP) is 2.68. The summed E-state index contributed by atoms with van der Waals surface area (Å²) in [5, 5.41) is 8.84. The Morgan fingerprint density at radius 3 is 2.88 bits per heavy atom.